The van der Waals surface area contributed by atoms with E-state index in [2.05, 4.69) is 15.3 Å². The highest BCUT2D eigenvalue weighted by molar-refractivity contribution is 6.30. The highest BCUT2D eigenvalue weighted by Gasteiger charge is 2.38. The monoisotopic (exact) mass is 319 g/mol. The molecule has 21 heavy (non-hydrogen) atoms. The molecule has 0 fully saturated rings. The van der Waals surface area contributed by atoms with E-state index in [1.165, 1.54) is 6.33 Å². The van der Waals surface area contributed by atoms with Crippen LogP contribution in [0.15, 0.2) is 42.9 Å². The van der Waals surface area contributed by atoms with E-state index >= 15 is 0 Å². The summed E-state index contributed by atoms with van der Waals surface area (Å²) in [7, 11) is 0. The van der Waals surface area contributed by atoms with Gasteiger partial charge in [-0.05, 0) is 24.3 Å². The molecule has 0 aliphatic heterocycles. The lowest BCUT2D eigenvalue weighted by Gasteiger charge is -2.04. The Labute approximate surface area is 122 Å². The summed E-state index contributed by atoms with van der Waals surface area (Å²) in [6, 6.07) is 9.26. The molecule has 0 amide bonds. The molecule has 1 aromatic carbocycles. The Kier molecular flexibility index (Phi) is 5.92. The number of aromatic nitrogens is 2. The Morgan fingerprint density at radius 2 is 1.95 bits per heavy atom. The Morgan fingerprint density at radius 1 is 1.29 bits per heavy atom. The van der Waals surface area contributed by atoms with Crippen LogP contribution in [0.1, 0.15) is 0 Å². The molecule has 0 radical (unpaired) electrons. The standard InChI is InChI=1S/C10H8ClN3.C2HF3O2/c11-8-2-1-3-9(6-8)14-10-4-5-12-7-13-10;3-2(4,5)1(6)7/h1-7H,(H,12,13,14);(H,6,7). The van der Waals surface area contributed by atoms with Gasteiger partial charge in [0.25, 0.3) is 0 Å². The van der Waals surface area contributed by atoms with Crippen molar-refractivity contribution in [3.8, 4) is 0 Å². The van der Waals surface area contributed by atoms with E-state index in [-0.39, 0.29) is 0 Å². The second-order valence-electron chi connectivity index (χ2n) is 3.53. The third-order valence-corrected chi connectivity index (χ3v) is 2.16. The number of benzene rings is 1. The third kappa shape index (κ3) is 6.57. The van der Waals surface area contributed by atoms with Gasteiger partial charge in [-0.3, -0.25) is 0 Å². The lowest BCUT2D eigenvalue weighted by atomic mass is 10.3. The maximum Gasteiger partial charge on any atom is 0.490 e. The van der Waals surface area contributed by atoms with Crippen molar-refractivity contribution in [2.24, 2.45) is 0 Å². The zero-order chi connectivity index (χ0) is 15.9. The van der Waals surface area contributed by atoms with Crippen LogP contribution in [0.2, 0.25) is 5.02 Å². The van der Waals surface area contributed by atoms with Crippen molar-refractivity contribution in [2.45, 2.75) is 6.18 Å². The number of carboxylic acids is 1. The largest absolute Gasteiger partial charge is 0.490 e. The van der Waals surface area contributed by atoms with E-state index in [1.807, 2.05) is 24.3 Å². The number of halogens is 4. The highest BCUT2D eigenvalue weighted by atomic mass is 35.5. The maximum atomic E-state index is 10.6. The Morgan fingerprint density at radius 3 is 2.43 bits per heavy atom. The number of anilines is 2. The molecule has 0 unspecified atom stereocenters. The first-order chi connectivity index (χ1) is 9.79. The summed E-state index contributed by atoms with van der Waals surface area (Å²) in [5.41, 5.74) is 0.913. The first-order valence-corrected chi connectivity index (χ1v) is 5.75. The molecule has 112 valence electrons. The van der Waals surface area contributed by atoms with Gasteiger partial charge < -0.3 is 10.4 Å². The minimum Gasteiger partial charge on any atom is -0.475 e. The number of hydrogen-bond donors (Lipinski definition) is 2. The predicted octanol–water partition coefficient (Wildman–Crippen LogP) is 3.51. The van der Waals surface area contributed by atoms with Crippen LogP contribution < -0.4 is 5.32 Å². The zero-order valence-electron chi connectivity index (χ0n) is 10.3. The van der Waals surface area contributed by atoms with Gasteiger partial charge in [0, 0.05) is 16.9 Å². The Bertz CT molecular complexity index is 594. The molecule has 5 nitrogen and oxygen atoms in total. The molecule has 2 aromatic rings. The Balaban J connectivity index is 0.000000270. The van der Waals surface area contributed by atoms with E-state index in [0.717, 1.165) is 11.5 Å². The van der Waals surface area contributed by atoms with Crippen LogP contribution in [0.5, 0.6) is 0 Å². The van der Waals surface area contributed by atoms with Crippen LogP contribution >= 0.6 is 11.6 Å². The molecule has 0 aliphatic carbocycles. The van der Waals surface area contributed by atoms with Gasteiger partial charge in [-0.15, -0.1) is 0 Å². The van der Waals surface area contributed by atoms with Gasteiger partial charge in [0.1, 0.15) is 12.1 Å². The van der Waals surface area contributed by atoms with E-state index in [9.17, 15) is 13.2 Å². The third-order valence-electron chi connectivity index (χ3n) is 1.92. The second-order valence-corrected chi connectivity index (χ2v) is 3.97. The van der Waals surface area contributed by atoms with Crippen molar-refractivity contribution >= 4 is 29.1 Å². The van der Waals surface area contributed by atoms with Gasteiger partial charge in [0.2, 0.25) is 0 Å². The molecule has 0 aliphatic rings. The normalized spacial score (nSPS) is 10.3. The predicted molar refractivity (Wildman–Crippen MR) is 70.5 cm³/mol. The van der Waals surface area contributed by atoms with Gasteiger partial charge in [-0.1, -0.05) is 17.7 Å². The molecular weight excluding hydrogens is 311 g/mol. The molecule has 2 rings (SSSR count). The zero-order valence-corrected chi connectivity index (χ0v) is 11.1. The van der Waals surface area contributed by atoms with Crippen molar-refractivity contribution < 1.29 is 23.1 Å². The topological polar surface area (TPSA) is 75.1 Å². The van der Waals surface area contributed by atoms with E-state index in [4.69, 9.17) is 21.5 Å². The molecule has 0 bridgehead atoms. The number of carboxylic acid groups (broad SMARTS) is 1. The van der Waals surface area contributed by atoms with Crippen molar-refractivity contribution in [1.82, 2.24) is 9.97 Å². The number of nitrogens with one attached hydrogen (secondary N) is 1. The molecule has 0 spiro atoms. The summed E-state index contributed by atoms with van der Waals surface area (Å²) in [6.07, 6.45) is -1.91. The summed E-state index contributed by atoms with van der Waals surface area (Å²) < 4.78 is 31.7. The van der Waals surface area contributed by atoms with Crippen LogP contribution in [0.4, 0.5) is 24.7 Å². The number of aliphatic carboxylic acids is 1. The van der Waals surface area contributed by atoms with Crippen LogP contribution in [0.3, 0.4) is 0 Å². The van der Waals surface area contributed by atoms with E-state index < -0.39 is 12.1 Å². The van der Waals surface area contributed by atoms with Gasteiger partial charge in [0.05, 0.1) is 0 Å². The lowest BCUT2D eigenvalue weighted by Crippen LogP contribution is -2.21. The van der Waals surface area contributed by atoms with Gasteiger partial charge >= 0.3 is 12.1 Å². The van der Waals surface area contributed by atoms with Crippen LogP contribution in [0, 0.1) is 0 Å². The molecule has 1 aromatic heterocycles. The minimum absolute atomic E-state index is 0.698. The van der Waals surface area contributed by atoms with Crippen molar-refractivity contribution in [3.63, 3.8) is 0 Å². The molecule has 2 N–H and O–H groups in total. The minimum atomic E-state index is -5.08. The molecule has 9 heteroatoms. The molecule has 0 saturated heterocycles. The number of carbonyl (C=O) groups is 1. The fraction of sp³-hybridized carbons (Fsp3) is 0.0833. The fourth-order valence-electron chi connectivity index (χ4n) is 1.08. The molecule has 0 atom stereocenters. The number of rotatable bonds is 2. The molecular formula is C12H9ClF3N3O2. The quantitative estimate of drug-likeness (QED) is 0.886. The van der Waals surface area contributed by atoms with Crippen LogP contribution in [0.25, 0.3) is 0 Å². The van der Waals surface area contributed by atoms with E-state index in [1.54, 1.807) is 12.3 Å². The summed E-state index contributed by atoms with van der Waals surface area (Å²) in [5, 5.41) is 10.9. The fourth-order valence-corrected chi connectivity index (χ4v) is 1.27. The second kappa shape index (κ2) is 7.44. The number of hydrogen-bond acceptors (Lipinski definition) is 4. The maximum absolute atomic E-state index is 10.6. The van der Waals surface area contributed by atoms with Crippen LogP contribution in [-0.2, 0) is 4.79 Å². The van der Waals surface area contributed by atoms with E-state index in [0.29, 0.717) is 5.02 Å². The Hall–Kier alpha value is -2.35. The van der Waals surface area contributed by atoms with Gasteiger partial charge in [0.15, 0.2) is 0 Å². The lowest BCUT2D eigenvalue weighted by molar-refractivity contribution is -0.192. The van der Waals surface area contributed by atoms with Gasteiger partial charge in [-0.2, -0.15) is 13.2 Å². The summed E-state index contributed by atoms with van der Waals surface area (Å²) in [6.45, 7) is 0. The number of alkyl halides is 3. The highest BCUT2D eigenvalue weighted by Crippen LogP contribution is 2.18. The molecule has 1 heterocycles. The summed E-state index contributed by atoms with van der Waals surface area (Å²) in [4.78, 5) is 16.8. The first-order valence-electron chi connectivity index (χ1n) is 5.38. The van der Waals surface area contributed by atoms with Crippen LogP contribution in [-0.4, -0.2) is 27.2 Å². The van der Waals surface area contributed by atoms with Gasteiger partial charge in [-0.25, -0.2) is 14.8 Å². The average molecular weight is 320 g/mol. The average Bonchev–Trinajstić information content (AvgIpc) is 2.39. The summed E-state index contributed by atoms with van der Waals surface area (Å²) in [5.74, 6) is -2.00. The van der Waals surface area contributed by atoms with Crippen molar-refractivity contribution in [2.75, 3.05) is 5.32 Å². The van der Waals surface area contributed by atoms with Crippen molar-refractivity contribution in [3.05, 3.63) is 47.9 Å². The first kappa shape index (κ1) is 16.7. The number of nitrogens with zero attached hydrogens (tertiary/aromatic N) is 2. The molecule has 0 saturated carbocycles. The SMILES string of the molecule is Clc1cccc(Nc2ccncn2)c1.O=C(O)C(F)(F)F. The van der Waals surface area contributed by atoms with Crippen molar-refractivity contribution in [1.29, 1.82) is 0 Å². The summed E-state index contributed by atoms with van der Waals surface area (Å²) >= 11 is 5.84. The smallest absolute Gasteiger partial charge is 0.475 e.